The zero-order valence-electron chi connectivity index (χ0n) is 13.8. The summed E-state index contributed by atoms with van der Waals surface area (Å²) < 4.78 is 4.85. The van der Waals surface area contributed by atoms with Crippen molar-refractivity contribution in [2.24, 2.45) is 10.9 Å². The number of pyridine rings is 1. The summed E-state index contributed by atoms with van der Waals surface area (Å²) in [5.41, 5.74) is -0.214. The van der Waals surface area contributed by atoms with E-state index in [1.807, 2.05) is 13.8 Å². The van der Waals surface area contributed by atoms with Crippen LogP contribution in [0, 0.1) is 5.92 Å². The van der Waals surface area contributed by atoms with E-state index in [9.17, 15) is 9.59 Å². The van der Waals surface area contributed by atoms with Gasteiger partial charge in [0.25, 0.3) is 5.91 Å². The maximum Gasteiger partial charge on any atom is 0.511 e. The summed E-state index contributed by atoms with van der Waals surface area (Å²) in [5, 5.41) is 12.8. The number of hydrogen-bond donors (Lipinski definition) is 2. The predicted octanol–water partition coefficient (Wildman–Crippen LogP) is 3.24. The second-order valence-electron chi connectivity index (χ2n) is 6.26. The van der Waals surface area contributed by atoms with Crippen molar-refractivity contribution in [2.45, 2.75) is 26.3 Å². The number of aromatic nitrogens is 1. The summed E-state index contributed by atoms with van der Waals surface area (Å²) in [6.07, 6.45) is -1.49. The second-order valence-corrected chi connectivity index (χ2v) is 6.69. The molecule has 1 aromatic heterocycles. The number of carboxylic acid groups (broad SMARTS) is 1. The lowest BCUT2D eigenvalue weighted by atomic mass is 9.89. The average Bonchev–Trinajstić information content (AvgIpc) is 2.82. The van der Waals surface area contributed by atoms with Gasteiger partial charge in [0.15, 0.2) is 11.6 Å². The van der Waals surface area contributed by atoms with Crippen molar-refractivity contribution in [1.29, 1.82) is 0 Å². The third-order valence-electron chi connectivity index (χ3n) is 4.32. The van der Waals surface area contributed by atoms with Crippen LogP contribution >= 0.6 is 11.6 Å². The highest BCUT2D eigenvalue weighted by molar-refractivity contribution is 6.31. The highest BCUT2D eigenvalue weighted by atomic mass is 35.5. The Morgan fingerprint density at radius 3 is 2.68 bits per heavy atom. The normalized spacial score (nSPS) is 19.9. The Labute approximate surface area is 148 Å². The van der Waals surface area contributed by atoms with E-state index >= 15 is 0 Å². The Kier molecular flexibility index (Phi) is 4.12. The van der Waals surface area contributed by atoms with Gasteiger partial charge in [-0.1, -0.05) is 25.4 Å². The molecule has 8 heteroatoms. The van der Waals surface area contributed by atoms with Crippen LogP contribution in [0.2, 0.25) is 5.02 Å². The third-order valence-corrected chi connectivity index (χ3v) is 4.56. The number of halogens is 1. The van der Waals surface area contributed by atoms with Gasteiger partial charge >= 0.3 is 6.16 Å². The molecule has 0 fully saturated rings. The van der Waals surface area contributed by atoms with Gasteiger partial charge < -0.3 is 15.2 Å². The third kappa shape index (κ3) is 3.02. The minimum atomic E-state index is -1.49. The number of benzene rings is 1. The Hall–Kier alpha value is -2.67. The molecule has 0 saturated carbocycles. The first-order chi connectivity index (χ1) is 11.7. The molecule has 1 atom stereocenters. The molecular formula is C17H16ClN3O4. The van der Waals surface area contributed by atoms with Crippen LogP contribution < -0.4 is 10.1 Å². The largest absolute Gasteiger partial charge is 0.511 e. The average molecular weight is 362 g/mol. The minimum Gasteiger partial charge on any atom is -0.449 e. The molecule has 0 radical (unpaired) electrons. The molecule has 2 N–H and O–H groups in total. The summed E-state index contributed by atoms with van der Waals surface area (Å²) in [5.74, 6) is -0.145. The molecule has 0 spiro atoms. The van der Waals surface area contributed by atoms with Crippen LogP contribution in [0.3, 0.4) is 0 Å². The predicted molar refractivity (Wildman–Crippen MR) is 93.3 cm³/mol. The Morgan fingerprint density at radius 1 is 1.36 bits per heavy atom. The smallest absolute Gasteiger partial charge is 0.449 e. The first-order valence-electron chi connectivity index (χ1n) is 7.63. The molecule has 0 bridgehead atoms. The summed E-state index contributed by atoms with van der Waals surface area (Å²) in [4.78, 5) is 32.2. The molecule has 1 amide bonds. The lowest BCUT2D eigenvalue weighted by Gasteiger charge is -2.21. The molecule has 25 heavy (non-hydrogen) atoms. The van der Waals surface area contributed by atoms with Crippen molar-refractivity contribution < 1.29 is 19.4 Å². The van der Waals surface area contributed by atoms with Gasteiger partial charge in [-0.15, -0.1) is 0 Å². The lowest BCUT2D eigenvalue weighted by molar-refractivity contribution is -0.124. The van der Waals surface area contributed by atoms with Crippen LogP contribution in [-0.4, -0.2) is 33.5 Å². The van der Waals surface area contributed by atoms with Crippen LogP contribution in [0.5, 0.6) is 5.75 Å². The van der Waals surface area contributed by atoms with E-state index in [2.05, 4.69) is 15.3 Å². The van der Waals surface area contributed by atoms with Gasteiger partial charge in [-0.2, -0.15) is 0 Å². The standard InChI is InChI=1S/C17H16ClN3O4/c1-8(2)17(3)15(22)20-14(21-17)13-12(25-16(23)24)7-9-6-10(18)4-5-11(9)19-13/h4-8H,1-3H3,(H,23,24)(H,20,21,22). The van der Waals surface area contributed by atoms with Gasteiger partial charge in [0.05, 0.1) is 5.52 Å². The maximum absolute atomic E-state index is 12.3. The van der Waals surface area contributed by atoms with Crippen molar-refractivity contribution in [3.05, 3.63) is 35.0 Å². The summed E-state index contributed by atoms with van der Waals surface area (Å²) in [6, 6.07) is 6.53. The molecule has 3 rings (SSSR count). The first kappa shape index (κ1) is 17.2. The quantitative estimate of drug-likeness (QED) is 0.817. The van der Waals surface area contributed by atoms with Gasteiger partial charge in [0, 0.05) is 10.4 Å². The Balaban J connectivity index is 2.19. The van der Waals surface area contributed by atoms with Crippen molar-refractivity contribution in [3.8, 4) is 5.75 Å². The number of aliphatic imine (C=N–C) groups is 1. The summed E-state index contributed by atoms with van der Waals surface area (Å²) >= 11 is 5.97. The van der Waals surface area contributed by atoms with Gasteiger partial charge in [0.2, 0.25) is 0 Å². The fourth-order valence-corrected chi connectivity index (χ4v) is 2.70. The number of nitrogens with one attached hydrogen (secondary N) is 1. The van der Waals surface area contributed by atoms with Gasteiger partial charge in [-0.05, 0) is 37.1 Å². The number of ether oxygens (including phenoxy) is 1. The molecule has 2 aromatic rings. The Bertz CT molecular complexity index is 925. The van der Waals surface area contributed by atoms with Crippen LogP contribution in [0.1, 0.15) is 26.5 Å². The van der Waals surface area contributed by atoms with Crippen molar-refractivity contribution in [3.63, 3.8) is 0 Å². The molecule has 0 saturated heterocycles. The van der Waals surface area contributed by atoms with Gasteiger partial charge in [0.1, 0.15) is 11.2 Å². The topological polar surface area (TPSA) is 101 Å². The van der Waals surface area contributed by atoms with Crippen molar-refractivity contribution >= 4 is 40.4 Å². The molecule has 7 nitrogen and oxygen atoms in total. The molecule has 1 aromatic carbocycles. The molecule has 1 aliphatic rings. The van der Waals surface area contributed by atoms with E-state index in [0.29, 0.717) is 15.9 Å². The highest BCUT2D eigenvalue weighted by Gasteiger charge is 2.43. The van der Waals surface area contributed by atoms with E-state index in [0.717, 1.165) is 0 Å². The van der Waals surface area contributed by atoms with Gasteiger partial charge in [-0.25, -0.2) is 14.8 Å². The Morgan fingerprint density at radius 2 is 2.08 bits per heavy atom. The second kappa shape index (κ2) is 6.00. The van der Waals surface area contributed by atoms with Gasteiger partial charge in [-0.3, -0.25) is 4.79 Å². The SMILES string of the molecule is CC(C)C1(C)N=C(c2nc3ccc(Cl)cc3cc2OC(=O)O)NC1=O. The number of rotatable bonds is 3. The molecule has 0 aliphatic carbocycles. The molecule has 1 unspecified atom stereocenters. The zero-order valence-corrected chi connectivity index (χ0v) is 14.6. The number of amidine groups is 1. The van der Waals surface area contributed by atoms with Crippen LogP contribution in [0.15, 0.2) is 29.3 Å². The minimum absolute atomic E-state index is 0.0191. The molecular weight excluding hydrogens is 346 g/mol. The van der Waals surface area contributed by atoms with Crippen molar-refractivity contribution in [1.82, 2.24) is 10.3 Å². The van der Waals surface area contributed by atoms with Crippen LogP contribution in [0.4, 0.5) is 4.79 Å². The number of nitrogens with zero attached hydrogens (tertiary/aromatic N) is 2. The van der Waals surface area contributed by atoms with E-state index < -0.39 is 11.7 Å². The highest BCUT2D eigenvalue weighted by Crippen LogP contribution is 2.31. The van der Waals surface area contributed by atoms with E-state index in [-0.39, 0.29) is 29.1 Å². The zero-order chi connectivity index (χ0) is 18.4. The molecule has 1 aliphatic heterocycles. The molecule has 2 heterocycles. The lowest BCUT2D eigenvalue weighted by Crippen LogP contribution is -2.41. The summed E-state index contributed by atoms with van der Waals surface area (Å²) in [7, 11) is 0. The van der Waals surface area contributed by atoms with Crippen LogP contribution in [-0.2, 0) is 4.79 Å². The van der Waals surface area contributed by atoms with Crippen LogP contribution in [0.25, 0.3) is 10.9 Å². The maximum atomic E-state index is 12.3. The molecule has 130 valence electrons. The van der Waals surface area contributed by atoms with E-state index in [1.54, 1.807) is 25.1 Å². The summed E-state index contributed by atoms with van der Waals surface area (Å²) in [6.45, 7) is 5.49. The number of hydrogen-bond acceptors (Lipinski definition) is 5. The van der Waals surface area contributed by atoms with E-state index in [1.165, 1.54) is 6.07 Å². The number of carbonyl (C=O) groups excluding carboxylic acids is 1. The fourth-order valence-electron chi connectivity index (χ4n) is 2.52. The fraction of sp³-hybridized carbons (Fsp3) is 0.294. The van der Waals surface area contributed by atoms with Crippen molar-refractivity contribution in [2.75, 3.05) is 0 Å². The first-order valence-corrected chi connectivity index (χ1v) is 8.01. The monoisotopic (exact) mass is 361 g/mol. The number of carbonyl (C=O) groups is 2. The number of fused-ring (bicyclic) bond motifs is 1. The van der Waals surface area contributed by atoms with E-state index in [4.69, 9.17) is 21.4 Å². The number of amides is 1.